The number of aromatic nitrogens is 1. The fraction of sp³-hybridized carbons (Fsp3) is 0.214. The lowest BCUT2D eigenvalue weighted by atomic mass is 9.90. The Balaban J connectivity index is 1.36. The van der Waals surface area contributed by atoms with Crippen LogP contribution in [0.5, 0.6) is 0 Å². The van der Waals surface area contributed by atoms with E-state index >= 15 is 0 Å². The highest BCUT2D eigenvalue weighted by Crippen LogP contribution is 2.38. The first kappa shape index (κ1) is 18.5. The van der Waals surface area contributed by atoms with Gasteiger partial charge in [0.15, 0.2) is 0 Å². The summed E-state index contributed by atoms with van der Waals surface area (Å²) in [5.41, 5.74) is 7.43. The van der Waals surface area contributed by atoms with E-state index in [9.17, 15) is 0 Å². The van der Waals surface area contributed by atoms with Crippen LogP contribution in [0.4, 0.5) is 0 Å². The number of rotatable bonds is 4. The molecule has 2 N–H and O–H groups in total. The van der Waals surface area contributed by atoms with Gasteiger partial charge in [-0.15, -0.1) is 0 Å². The molecule has 1 aliphatic carbocycles. The molecule has 0 aliphatic heterocycles. The summed E-state index contributed by atoms with van der Waals surface area (Å²) in [5.74, 6) is 0.932. The monoisotopic (exact) mass is 406 g/mol. The molecule has 1 aliphatic rings. The van der Waals surface area contributed by atoms with Gasteiger partial charge in [0.25, 0.3) is 0 Å². The molecule has 0 radical (unpaired) electrons. The summed E-state index contributed by atoms with van der Waals surface area (Å²) in [4.78, 5) is 3.74. The Morgan fingerprint density at radius 3 is 2.68 bits per heavy atom. The van der Waals surface area contributed by atoms with Crippen LogP contribution in [-0.4, -0.2) is 4.98 Å². The Labute approximate surface area is 182 Å². The molecule has 3 heteroatoms. The van der Waals surface area contributed by atoms with Crippen LogP contribution in [0, 0.1) is 0 Å². The van der Waals surface area contributed by atoms with E-state index in [1.807, 2.05) is 12.1 Å². The molecule has 6 rings (SSSR count). The second-order valence-electron chi connectivity index (χ2n) is 8.67. The SMILES string of the molecule is C[C@@H](NC1CCCc2c1[nH]c1ccc(-c3cc4ccccc4o3)cc21)c1ccccc1. The third-order valence-corrected chi connectivity index (χ3v) is 6.67. The van der Waals surface area contributed by atoms with Gasteiger partial charge < -0.3 is 14.7 Å². The minimum absolute atomic E-state index is 0.315. The lowest BCUT2D eigenvalue weighted by Gasteiger charge is -2.27. The first-order valence-corrected chi connectivity index (χ1v) is 11.2. The molecule has 31 heavy (non-hydrogen) atoms. The zero-order chi connectivity index (χ0) is 20.8. The maximum absolute atomic E-state index is 6.12. The van der Waals surface area contributed by atoms with Crippen LogP contribution in [0.25, 0.3) is 33.2 Å². The molecule has 2 aromatic heterocycles. The van der Waals surface area contributed by atoms with Crippen molar-refractivity contribution in [2.45, 2.75) is 38.3 Å². The summed E-state index contributed by atoms with van der Waals surface area (Å²) in [6, 6.07) is 28.4. The number of fused-ring (bicyclic) bond motifs is 4. The molecule has 2 heterocycles. The van der Waals surface area contributed by atoms with Crippen molar-refractivity contribution in [3.8, 4) is 11.3 Å². The molecule has 0 fully saturated rings. The Morgan fingerprint density at radius 1 is 0.968 bits per heavy atom. The number of aryl methyl sites for hydroxylation is 1. The highest BCUT2D eigenvalue weighted by atomic mass is 16.3. The quantitative estimate of drug-likeness (QED) is 0.328. The normalized spacial score (nSPS) is 17.1. The van der Waals surface area contributed by atoms with Crippen molar-refractivity contribution < 1.29 is 4.42 Å². The van der Waals surface area contributed by atoms with Gasteiger partial charge in [0.05, 0.1) is 0 Å². The van der Waals surface area contributed by atoms with E-state index in [1.54, 1.807) is 0 Å². The molecule has 1 unspecified atom stereocenters. The Bertz CT molecular complexity index is 1330. The predicted molar refractivity (Wildman–Crippen MR) is 127 cm³/mol. The van der Waals surface area contributed by atoms with Crippen LogP contribution in [0.3, 0.4) is 0 Å². The van der Waals surface area contributed by atoms with Gasteiger partial charge in [-0.1, -0.05) is 48.5 Å². The zero-order valence-electron chi connectivity index (χ0n) is 17.7. The van der Waals surface area contributed by atoms with Gasteiger partial charge in [-0.2, -0.15) is 0 Å². The number of hydrogen-bond acceptors (Lipinski definition) is 2. The van der Waals surface area contributed by atoms with Gasteiger partial charge in [-0.25, -0.2) is 0 Å². The van der Waals surface area contributed by atoms with Crippen LogP contribution >= 0.6 is 0 Å². The maximum atomic E-state index is 6.12. The molecular weight excluding hydrogens is 380 g/mol. The number of H-pyrrole nitrogens is 1. The van der Waals surface area contributed by atoms with Crippen molar-refractivity contribution >= 4 is 21.9 Å². The molecule has 0 bridgehead atoms. The summed E-state index contributed by atoms with van der Waals surface area (Å²) in [6.45, 7) is 2.26. The molecule has 0 amide bonds. The van der Waals surface area contributed by atoms with E-state index in [0.717, 1.165) is 35.1 Å². The molecule has 0 spiro atoms. The molecule has 5 aromatic rings. The van der Waals surface area contributed by atoms with E-state index < -0.39 is 0 Å². The van der Waals surface area contributed by atoms with Crippen LogP contribution in [0.1, 0.15) is 48.7 Å². The topological polar surface area (TPSA) is 41.0 Å². The molecule has 3 nitrogen and oxygen atoms in total. The summed E-state index contributed by atoms with van der Waals surface area (Å²) in [5, 5.41) is 6.34. The molecule has 154 valence electrons. The second-order valence-corrected chi connectivity index (χ2v) is 8.67. The fourth-order valence-electron chi connectivity index (χ4n) is 5.05. The van der Waals surface area contributed by atoms with Crippen LogP contribution in [-0.2, 0) is 6.42 Å². The largest absolute Gasteiger partial charge is 0.456 e. The molecular formula is C28H26N2O. The number of aromatic amines is 1. The van der Waals surface area contributed by atoms with Crippen molar-refractivity contribution in [2.24, 2.45) is 0 Å². The lowest BCUT2D eigenvalue weighted by Crippen LogP contribution is -2.27. The summed E-state index contributed by atoms with van der Waals surface area (Å²) in [7, 11) is 0. The Hall–Kier alpha value is -3.30. The lowest BCUT2D eigenvalue weighted by molar-refractivity contribution is 0.410. The van der Waals surface area contributed by atoms with Gasteiger partial charge in [0, 0.05) is 39.6 Å². The first-order chi connectivity index (χ1) is 15.3. The third kappa shape index (κ3) is 3.26. The van der Waals surface area contributed by atoms with Crippen molar-refractivity contribution in [2.75, 3.05) is 0 Å². The molecule has 3 aromatic carbocycles. The average molecular weight is 407 g/mol. The molecule has 2 atom stereocenters. The van der Waals surface area contributed by atoms with E-state index in [0.29, 0.717) is 12.1 Å². The minimum Gasteiger partial charge on any atom is -0.456 e. The molecule has 0 saturated heterocycles. The highest BCUT2D eigenvalue weighted by molar-refractivity contribution is 5.90. The van der Waals surface area contributed by atoms with Crippen molar-refractivity contribution in [3.63, 3.8) is 0 Å². The smallest absolute Gasteiger partial charge is 0.135 e. The third-order valence-electron chi connectivity index (χ3n) is 6.67. The van der Waals surface area contributed by atoms with Gasteiger partial charge in [-0.05, 0) is 67.6 Å². The fourth-order valence-corrected chi connectivity index (χ4v) is 5.05. The van der Waals surface area contributed by atoms with E-state index in [2.05, 4.69) is 84.0 Å². The Kier molecular flexibility index (Phi) is 4.43. The maximum Gasteiger partial charge on any atom is 0.135 e. The van der Waals surface area contributed by atoms with E-state index in [-0.39, 0.29) is 0 Å². The van der Waals surface area contributed by atoms with Crippen LogP contribution < -0.4 is 5.32 Å². The van der Waals surface area contributed by atoms with Gasteiger partial charge in [-0.3, -0.25) is 0 Å². The number of nitrogens with one attached hydrogen (secondary N) is 2. The summed E-state index contributed by atoms with van der Waals surface area (Å²) >= 11 is 0. The first-order valence-electron chi connectivity index (χ1n) is 11.2. The number of para-hydroxylation sites is 1. The second kappa shape index (κ2) is 7.44. The summed E-state index contributed by atoms with van der Waals surface area (Å²) in [6.07, 6.45) is 3.48. The predicted octanol–water partition coefficient (Wildman–Crippen LogP) is 7.31. The number of benzene rings is 3. The molecule has 0 saturated carbocycles. The van der Waals surface area contributed by atoms with Gasteiger partial charge in [0.2, 0.25) is 0 Å². The standard InChI is InChI=1S/C28H26N2O/c1-18(19-8-3-2-4-9-19)29-25-12-7-11-22-23-16-21(14-15-24(23)30-28(22)25)27-17-20-10-5-6-13-26(20)31-27/h2-6,8-10,13-18,25,29-30H,7,11-12H2,1H3/t18-,25?/m1/s1. The number of furan rings is 1. The van der Waals surface area contributed by atoms with Gasteiger partial charge in [0.1, 0.15) is 11.3 Å². The van der Waals surface area contributed by atoms with Crippen molar-refractivity contribution in [1.82, 2.24) is 10.3 Å². The zero-order valence-corrected chi connectivity index (χ0v) is 17.7. The van der Waals surface area contributed by atoms with E-state index in [1.165, 1.54) is 34.1 Å². The highest BCUT2D eigenvalue weighted by Gasteiger charge is 2.26. The summed E-state index contributed by atoms with van der Waals surface area (Å²) < 4.78 is 6.12. The van der Waals surface area contributed by atoms with Gasteiger partial charge >= 0.3 is 0 Å². The van der Waals surface area contributed by atoms with Crippen molar-refractivity contribution in [1.29, 1.82) is 0 Å². The number of hydrogen-bond donors (Lipinski definition) is 2. The Morgan fingerprint density at radius 2 is 1.81 bits per heavy atom. The minimum atomic E-state index is 0.315. The average Bonchev–Trinajstić information content (AvgIpc) is 3.41. The van der Waals surface area contributed by atoms with Crippen LogP contribution in [0.2, 0.25) is 0 Å². The van der Waals surface area contributed by atoms with E-state index in [4.69, 9.17) is 4.42 Å². The van der Waals surface area contributed by atoms with Crippen molar-refractivity contribution in [3.05, 3.63) is 95.7 Å². The van der Waals surface area contributed by atoms with Crippen LogP contribution in [0.15, 0.2) is 83.3 Å².